The van der Waals surface area contributed by atoms with Crippen LogP contribution in [0.3, 0.4) is 0 Å². The molecule has 1 heteroatoms. The van der Waals surface area contributed by atoms with Gasteiger partial charge in [-0.25, -0.2) is 0 Å². The lowest BCUT2D eigenvalue weighted by Crippen LogP contribution is -2.31. The van der Waals surface area contributed by atoms with E-state index in [1.165, 1.54) is 38.6 Å². The minimum atomic E-state index is 0.705. The summed E-state index contributed by atoms with van der Waals surface area (Å²) in [5.41, 5.74) is 3.45. The molecular formula is C19H39N. The lowest BCUT2D eigenvalue weighted by molar-refractivity contribution is 0.282. The summed E-state index contributed by atoms with van der Waals surface area (Å²) in [5.74, 6) is 1.44. The summed E-state index contributed by atoms with van der Waals surface area (Å²) in [6.07, 6.45) is 7.02. The predicted molar refractivity (Wildman–Crippen MR) is 93.0 cm³/mol. The van der Waals surface area contributed by atoms with Crippen LogP contribution >= 0.6 is 0 Å². The van der Waals surface area contributed by atoms with Crippen LogP contribution in [0.4, 0.5) is 0 Å². The van der Waals surface area contributed by atoms with E-state index in [2.05, 4.69) is 32.6 Å². The maximum Gasteiger partial charge on any atom is 0.0287 e. The Balaban J connectivity index is 0.000000829. The standard InChI is InChI=1S/C15H27N.2C2H6/c1-11(2)14-9-5-7-13-8-6-10-16(13)15(14)12(3)4;2*1-2/h11-13H,5-10H2,1-4H3;2*1-2H3. The summed E-state index contributed by atoms with van der Waals surface area (Å²) in [4.78, 5) is 2.76. The van der Waals surface area contributed by atoms with Gasteiger partial charge in [0.05, 0.1) is 0 Å². The molecule has 0 radical (unpaired) electrons. The van der Waals surface area contributed by atoms with Gasteiger partial charge in [-0.2, -0.15) is 0 Å². The third kappa shape index (κ3) is 4.82. The van der Waals surface area contributed by atoms with Crippen molar-refractivity contribution in [2.45, 2.75) is 93.5 Å². The Labute approximate surface area is 128 Å². The molecule has 20 heavy (non-hydrogen) atoms. The van der Waals surface area contributed by atoms with Crippen molar-refractivity contribution in [1.29, 1.82) is 0 Å². The molecule has 2 aliphatic heterocycles. The van der Waals surface area contributed by atoms with Crippen LogP contribution in [0.1, 0.15) is 87.5 Å². The van der Waals surface area contributed by atoms with Gasteiger partial charge in [-0.1, -0.05) is 55.4 Å². The molecule has 0 aromatic heterocycles. The average molecular weight is 282 g/mol. The smallest absolute Gasteiger partial charge is 0.0287 e. The minimum absolute atomic E-state index is 0.705. The number of hydrogen-bond donors (Lipinski definition) is 0. The van der Waals surface area contributed by atoms with Gasteiger partial charge in [0, 0.05) is 18.3 Å². The van der Waals surface area contributed by atoms with Gasteiger partial charge < -0.3 is 4.90 Å². The van der Waals surface area contributed by atoms with Gasteiger partial charge in [-0.15, -0.1) is 0 Å². The van der Waals surface area contributed by atoms with E-state index in [1.54, 1.807) is 11.3 Å². The summed E-state index contributed by atoms with van der Waals surface area (Å²) in [5, 5.41) is 0. The van der Waals surface area contributed by atoms with Crippen molar-refractivity contribution in [3.8, 4) is 0 Å². The van der Waals surface area contributed by atoms with Crippen molar-refractivity contribution >= 4 is 0 Å². The molecule has 0 bridgehead atoms. The van der Waals surface area contributed by atoms with E-state index in [1.807, 2.05) is 27.7 Å². The van der Waals surface area contributed by atoms with Gasteiger partial charge in [-0.3, -0.25) is 0 Å². The molecule has 2 rings (SSSR count). The van der Waals surface area contributed by atoms with Crippen LogP contribution in [0.15, 0.2) is 11.3 Å². The zero-order valence-electron chi connectivity index (χ0n) is 15.4. The van der Waals surface area contributed by atoms with Crippen molar-refractivity contribution in [3.63, 3.8) is 0 Å². The highest BCUT2D eigenvalue weighted by atomic mass is 15.2. The summed E-state index contributed by atoms with van der Waals surface area (Å²) in [6, 6.07) is 0.869. The first-order valence-electron chi connectivity index (χ1n) is 9.10. The van der Waals surface area contributed by atoms with Crippen LogP contribution in [0.2, 0.25) is 0 Å². The highest BCUT2D eigenvalue weighted by molar-refractivity contribution is 5.20. The lowest BCUT2D eigenvalue weighted by Gasteiger charge is -2.32. The molecule has 1 atom stereocenters. The Morgan fingerprint density at radius 2 is 1.40 bits per heavy atom. The van der Waals surface area contributed by atoms with Crippen molar-refractivity contribution in [2.75, 3.05) is 6.54 Å². The fourth-order valence-corrected chi connectivity index (χ4v) is 3.58. The molecule has 2 heterocycles. The van der Waals surface area contributed by atoms with Crippen molar-refractivity contribution in [2.24, 2.45) is 11.8 Å². The number of hydrogen-bond acceptors (Lipinski definition) is 1. The molecule has 0 spiro atoms. The number of nitrogens with zero attached hydrogens (tertiary/aromatic N) is 1. The van der Waals surface area contributed by atoms with E-state index < -0.39 is 0 Å². The van der Waals surface area contributed by atoms with E-state index in [4.69, 9.17) is 0 Å². The highest BCUT2D eigenvalue weighted by Crippen LogP contribution is 2.38. The fraction of sp³-hybridized carbons (Fsp3) is 0.895. The molecular weight excluding hydrogens is 242 g/mol. The van der Waals surface area contributed by atoms with Crippen LogP contribution in [-0.4, -0.2) is 17.5 Å². The molecule has 0 aromatic rings. The zero-order chi connectivity index (χ0) is 15.7. The Kier molecular flexibility index (Phi) is 10.1. The third-order valence-corrected chi connectivity index (χ3v) is 4.24. The van der Waals surface area contributed by atoms with Gasteiger partial charge in [0.2, 0.25) is 0 Å². The summed E-state index contributed by atoms with van der Waals surface area (Å²) in [7, 11) is 0. The molecule has 1 saturated heterocycles. The van der Waals surface area contributed by atoms with Gasteiger partial charge >= 0.3 is 0 Å². The zero-order valence-corrected chi connectivity index (χ0v) is 15.4. The molecule has 0 aromatic carbocycles. The first-order chi connectivity index (χ1) is 9.61. The van der Waals surface area contributed by atoms with Crippen molar-refractivity contribution in [3.05, 3.63) is 11.3 Å². The van der Waals surface area contributed by atoms with Gasteiger partial charge in [0.1, 0.15) is 0 Å². The first kappa shape index (κ1) is 19.5. The van der Waals surface area contributed by atoms with E-state index in [-0.39, 0.29) is 0 Å². The van der Waals surface area contributed by atoms with Gasteiger partial charge in [0.25, 0.3) is 0 Å². The second-order valence-electron chi connectivity index (χ2n) is 6.10. The third-order valence-electron chi connectivity index (χ3n) is 4.24. The number of allylic oxidation sites excluding steroid dienone is 2. The van der Waals surface area contributed by atoms with Crippen LogP contribution in [0, 0.1) is 11.8 Å². The SMILES string of the molecule is CC.CC.CC(C)C1=C(C(C)C)N2CCCC2CCC1. The Morgan fingerprint density at radius 3 is 1.90 bits per heavy atom. The summed E-state index contributed by atoms with van der Waals surface area (Å²) in [6.45, 7) is 18.8. The van der Waals surface area contributed by atoms with E-state index in [0.29, 0.717) is 5.92 Å². The molecule has 0 aliphatic carbocycles. The van der Waals surface area contributed by atoms with Crippen LogP contribution in [0.5, 0.6) is 0 Å². The molecule has 0 N–H and O–H groups in total. The second kappa shape index (κ2) is 10.3. The molecule has 1 fully saturated rings. The molecule has 0 amide bonds. The average Bonchev–Trinajstić information content (AvgIpc) is 2.82. The molecule has 0 saturated carbocycles. The van der Waals surface area contributed by atoms with Crippen LogP contribution in [0.25, 0.3) is 0 Å². The molecule has 1 unspecified atom stereocenters. The Bertz CT molecular complexity index is 275. The van der Waals surface area contributed by atoms with E-state index >= 15 is 0 Å². The summed E-state index contributed by atoms with van der Waals surface area (Å²) >= 11 is 0. The first-order valence-corrected chi connectivity index (χ1v) is 9.10. The molecule has 120 valence electrons. The topological polar surface area (TPSA) is 3.24 Å². The quantitative estimate of drug-likeness (QED) is 0.578. The predicted octanol–water partition coefficient (Wildman–Crippen LogP) is 6.25. The maximum absolute atomic E-state index is 2.76. The van der Waals surface area contributed by atoms with Crippen LogP contribution < -0.4 is 0 Å². The minimum Gasteiger partial charge on any atom is -0.372 e. The second-order valence-corrected chi connectivity index (χ2v) is 6.10. The fourth-order valence-electron chi connectivity index (χ4n) is 3.58. The van der Waals surface area contributed by atoms with E-state index in [0.717, 1.165) is 12.0 Å². The van der Waals surface area contributed by atoms with Crippen molar-refractivity contribution < 1.29 is 0 Å². The number of fused-ring (bicyclic) bond motifs is 1. The largest absolute Gasteiger partial charge is 0.372 e. The monoisotopic (exact) mass is 281 g/mol. The normalized spacial score (nSPS) is 21.9. The Morgan fingerprint density at radius 1 is 0.850 bits per heavy atom. The van der Waals surface area contributed by atoms with Crippen molar-refractivity contribution in [1.82, 2.24) is 4.90 Å². The molecule has 2 aliphatic rings. The number of rotatable bonds is 2. The van der Waals surface area contributed by atoms with Gasteiger partial charge in [0.15, 0.2) is 0 Å². The Hall–Kier alpha value is -0.460. The summed E-state index contributed by atoms with van der Waals surface area (Å²) < 4.78 is 0. The highest BCUT2D eigenvalue weighted by Gasteiger charge is 2.31. The van der Waals surface area contributed by atoms with Gasteiger partial charge in [-0.05, 0) is 49.5 Å². The van der Waals surface area contributed by atoms with Crippen LogP contribution in [-0.2, 0) is 0 Å². The lowest BCUT2D eigenvalue weighted by atomic mass is 9.92. The molecule has 1 nitrogen and oxygen atoms in total. The maximum atomic E-state index is 2.76. The van der Waals surface area contributed by atoms with E-state index in [9.17, 15) is 0 Å².